The minimum atomic E-state index is -0.844. The van der Waals surface area contributed by atoms with Gasteiger partial charge in [0.15, 0.2) is 0 Å². The van der Waals surface area contributed by atoms with Gasteiger partial charge in [-0.05, 0) is 67.8 Å². The van der Waals surface area contributed by atoms with E-state index in [2.05, 4.69) is 4.90 Å². The highest BCUT2D eigenvalue weighted by molar-refractivity contribution is 5.82. The number of ketones is 1. The van der Waals surface area contributed by atoms with Gasteiger partial charge >= 0.3 is 0 Å². The quantitative estimate of drug-likeness (QED) is 0.868. The molecule has 25 heavy (non-hydrogen) atoms. The van der Waals surface area contributed by atoms with Crippen LogP contribution in [0.25, 0.3) is 0 Å². The number of fused-ring (bicyclic) bond motifs is 1. The molecule has 0 radical (unpaired) electrons. The molecule has 0 spiro atoms. The molecule has 1 aromatic rings. The third-order valence-electron chi connectivity index (χ3n) is 7.67. The molecule has 1 heterocycles. The molecule has 1 aromatic carbocycles. The zero-order valence-electron chi connectivity index (χ0n) is 14.7. The zero-order chi connectivity index (χ0) is 17.2. The average molecular weight is 341 g/mol. The van der Waals surface area contributed by atoms with Crippen molar-refractivity contribution in [2.75, 3.05) is 13.1 Å². The number of rotatable bonds is 2. The largest absolute Gasteiger partial charge is 0.508 e. The fraction of sp³-hybridized carbons (Fsp3) is 0.667. The van der Waals surface area contributed by atoms with Crippen LogP contribution in [-0.2, 0) is 16.6 Å². The van der Waals surface area contributed by atoms with Crippen molar-refractivity contribution in [3.05, 3.63) is 29.3 Å². The van der Waals surface area contributed by atoms with Gasteiger partial charge in [-0.15, -0.1) is 0 Å². The summed E-state index contributed by atoms with van der Waals surface area (Å²) in [4.78, 5) is 14.9. The van der Waals surface area contributed by atoms with Crippen LogP contribution in [0.15, 0.2) is 18.2 Å². The number of Topliss-reactive ketones (excluding diaryl/α,β-unsaturated/α-hetero) is 1. The van der Waals surface area contributed by atoms with E-state index in [1.807, 2.05) is 12.1 Å². The lowest BCUT2D eigenvalue weighted by Gasteiger charge is -2.63. The van der Waals surface area contributed by atoms with Gasteiger partial charge in [0.25, 0.3) is 0 Å². The lowest BCUT2D eigenvalue weighted by atomic mass is 9.49. The number of hydrogen-bond acceptors (Lipinski definition) is 4. The maximum absolute atomic E-state index is 12.4. The molecule has 4 nitrogen and oxygen atoms in total. The summed E-state index contributed by atoms with van der Waals surface area (Å²) < 4.78 is 0. The van der Waals surface area contributed by atoms with Gasteiger partial charge < -0.3 is 10.2 Å². The Morgan fingerprint density at radius 2 is 2.08 bits per heavy atom. The van der Waals surface area contributed by atoms with Gasteiger partial charge in [0.1, 0.15) is 11.5 Å². The summed E-state index contributed by atoms with van der Waals surface area (Å²) in [5, 5.41) is 22.0. The molecule has 2 N–H and O–H groups in total. The van der Waals surface area contributed by atoms with E-state index in [0.717, 1.165) is 37.4 Å². The number of carbonyl (C=O) groups excluding carboxylic acids is 1. The van der Waals surface area contributed by atoms with Gasteiger partial charge in [-0.2, -0.15) is 0 Å². The Bertz CT molecular complexity index is 728. The first kappa shape index (κ1) is 15.8. The number of hydrogen-bond donors (Lipinski definition) is 2. The molecule has 0 amide bonds. The summed E-state index contributed by atoms with van der Waals surface area (Å²) in [6, 6.07) is 5.67. The van der Waals surface area contributed by atoms with Crippen LogP contribution >= 0.6 is 0 Å². The van der Waals surface area contributed by atoms with Crippen molar-refractivity contribution in [3.8, 4) is 5.75 Å². The van der Waals surface area contributed by atoms with Crippen molar-refractivity contribution in [2.24, 2.45) is 5.92 Å². The summed E-state index contributed by atoms with van der Waals surface area (Å²) in [7, 11) is 0. The van der Waals surface area contributed by atoms with Gasteiger partial charge in [0.05, 0.1) is 5.60 Å². The van der Waals surface area contributed by atoms with Crippen molar-refractivity contribution in [3.63, 3.8) is 0 Å². The number of aliphatic hydroxyl groups is 1. The predicted molar refractivity (Wildman–Crippen MR) is 94.6 cm³/mol. The molecule has 2 bridgehead atoms. The lowest BCUT2D eigenvalue weighted by molar-refractivity contribution is -0.174. The molecule has 0 aromatic heterocycles. The van der Waals surface area contributed by atoms with Crippen LogP contribution in [-0.4, -0.2) is 45.6 Å². The summed E-state index contributed by atoms with van der Waals surface area (Å²) in [6.07, 6.45) is 7.09. The topological polar surface area (TPSA) is 60.8 Å². The highest BCUT2D eigenvalue weighted by Gasteiger charge is 2.64. The van der Waals surface area contributed by atoms with Crippen LogP contribution in [0, 0.1) is 5.92 Å². The number of phenols is 1. The predicted octanol–water partition coefficient (Wildman–Crippen LogP) is 2.54. The minimum absolute atomic E-state index is 0.104. The molecule has 3 atom stereocenters. The van der Waals surface area contributed by atoms with Crippen LogP contribution in [0.5, 0.6) is 5.75 Å². The van der Waals surface area contributed by atoms with E-state index < -0.39 is 11.0 Å². The second-order valence-corrected chi connectivity index (χ2v) is 8.83. The summed E-state index contributed by atoms with van der Waals surface area (Å²) in [5.41, 5.74) is 0.891. The summed E-state index contributed by atoms with van der Waals surface area (Å²) in [5.74, 6) is 1.28. The van der Waals surface area contributed by atoms with E-state index in [-0.39, 0.29) is 17.6 Å². The second-order valence-electron chi connectivity index (χ2n) is 8.83. The number of benzene rings is 1. The molecule has 4 aliphatic rings. The van der Waals surface area contributed by atoms with Crippen LogP contribution in [0.3, 0.4) is 0 Å². The second kappa shape index (κ2) is 5.31. The number of piperidine rings is 1. The Kier molecular flexibility index (Phi) is 3.36. The van der Waals surface area contributed by atoms with Gasteiger partial charge in [-0.3, -0.25) is 9.69 Å². The van der Waals surface area contributed by atoms with Gasteiger partial charge in [0, 0.05) is 30.8 Å². The van der Waals surface area contributed by atoms with E-state index in [4.69, 9.17) is 0 Å². The third kappa shape index (κ3) is 2.10. The molecule has 5 rings (SSSR count). The minimum Gasteiger partial charge on any atom is -0.508 e. The lowest BCUT2D eigenvalue weighted by Crippen LogP contribution is -2.73. The first-order valence-corrected chi connectivity index (χ1v) is 9.82. The zero-order valence-corrected chi connectivity index (χ0v) is 14.7. The molecule has 134 valence electrons. The maximum Gasteiger partial charge on any atom is 0.134 e. The van der Waals surface area contributed by atoms with Crippen molar-refractivity contribution < 1.29 is 15.0 Å². The molecule has 1 saturated heterocycles. The number of carbonyl (C=O) groups is 1. The fourth-order valence-electron chi connectivity index (χ4n) is 6.11. The highest BCUT2D eigenvalue weighted by atomic mass is 16.3. The average Bonchev–Trinajstić information content (AvgIpc) is 2.54. The van der Waals surface area contributed by atoms with Crippen LogP contribution in [0.1, 0.15) is 56.1 Å². The molecular formula is C21H27NO3. The summed E-state index contributed by atoms with van der Waals surface area (Å²) >= 11 is 0. The van der Waals surface area contributed by atoms with E-state index >= 15 is 0 Å². The first-order chi connectivity index (χ1) is 12.0. The number of aromatic hydroxyl groups is 1. The number of phenolic OH excluding ortho intramolecular Hbond substituents is 1. The Morgan fingerprint density at radius 3 is 2.84 bits per heavy atom. The summed E-state index contributed by atoms with van der Waals surface area (Å²) in [6.45, 7) is 2.04. The Morgan fingerprint density at radius 1 is 1.24 bits per heavy atom. The van der Waals surface area contributed by atoms with E-state index in [9.17, 15) is 15.0 Å². The van der Waals surface area contributed by atoms with E-state index in [1.54, 1.807) is 6.07 Å². The normalized spacial score (nSPS) is 38.0. The Balaban J connectivity index is 1.61. The first-order valence-electron chi connectivity index (χ1n) is 9.82. The van der Waals surface area contributed by atoms with Gasteiger partial charge in [-0.25, -0.2) is 0 Å². The molecule has 3 aliphatic carbocycles. The standard InChI is InChI=1S/C21H27NO3/c23-16-5-4-15-10-19-21(25)7-6-17(24)12-20(21,18(15)11-16)8-9-22(19)13-14-2-1-3-14/h4-5,11,14,19,23,25H,1-3,6-10,12-13H2/t19-,20-,21+/m1/s1. The highest BCUT2D eigenvalue weighted by Crippen LogP contribution is 2.58. The van der Waals surface area contributed by atoms with Crippen molar-refractivity contribution in [1.82, 2.24) is 4.90 Å². The van der Waals surface area contributed by atoms with Gasteiger partial charge in [-0.1, -0.05) is 12.5 Å². The fourth-order valence-corrected chi connectivity index (χ4v) is 6.11. The molecule has 3 fully saturated rings. The Hall–Kier alpha value is -1.39. The maximum atomic E-state index is 12.4. The van der Waals surface area contributed by atoms with E-state index in [1.165, 1.54) is 24.8 Å². The third-order valence-corrected chi connectivity index (χ3v) is 7.67. The molecule has 2 saturated carbocycles. The van der Waals surface area contributed by atoms with Gasteiger partial charge in [0.2, 0.25) is 0 Å². The molecular weight excluding hydrogens is 314 g/mol. The van der Waals surface area contributed by atoms with Crippen LogP contribution in [0.4, 0.5) is 0 Å². The van der Waals surface area contributed by atoms with Crippen molar-refractivity contribution in [1.29, 1.82) is 0 Å². The molecule has 0 unspecified atom stereocenters. The Labute approximate surface area is 148 Å². The SMILES string of the molecule is O=C1CC[C@]2(O)[C@H]3Cc4ccc(O)cc4[C@@]2(CCN3CC2CCC2)C1. The monoisotopic (exact) mass is 341 g/mol. The molecule has 1 aliphatic heterocycles. The number of nitrogens with zero attached hydrogens (tertiary/aromatic N) is 1. The number of likely N-dealkylation sites (tertiary alicyclic amines) is 1. The smallest absolute Gasteiger partial charge is 0.134 e. The van der Waals surface area contributed by atoms with Crippen molar-refractivity contribution in [2.45, 2.75) is 68.4 Å². The van der Waals surface area contributed by atoms with Crippen LogP contribution < -0.4 is 0 Å². The van der Waals surface area contributed by atoms with Crippen molar-refractivity contribution >= 4 is 5.78 Å². The van der Waals surface area contributed by atoms with Crippen LogP contribution in [0.2, 0.25) is 0 Å². The van der Waals surface area contributed by atoms with E-state index in [0.29, 0.717) is 19.3 Å². The molecule has 4 heteroatoms.